The Balaban J connectivity index is 2.14. The topological polar surface area (TPSA) is 121 Å². The number of aryl methyl sites for hydroxylation is 1. The predicted octanol–water partition coefficient (Wildman–Crippen LogP) is 0.726. The molecular formula is C14H16N4O3. The van der Waals surface area contributed by atoms with Gasteiger partial charge in [0.05, 0.1) is 11.9 Å². The number of carboxylic acids is 1. The first-order chi connectivity index (χ1) is 9.97. The van der Waals surface area contributed by atoms with E-state index in [-0.39, 0.29) is 12.0 Å². The first-order valence-corrected chi connectivity index (χ1v) is 6.34. The molecule has 2 rings (SSSR count). The van der Waals surface area contributed by atoms with Gasteiger partial charge < -0.3 is 21.1 Å². The fourth-order valence-electron chi connectivity index (χ4n) is 1.92. The zero-order valence-corrected chi connectivity index (χ0v) is 11.5. The highest BCUT2D eigenvalue weighted by Crippen LogP contribution is 2.14. The van der Waals surface area contributed by atoms with Gasteiger partial charge in [0.1, 0.15) is 6.04 Å². The van der Waals surface area contributed by atoms with Gasteiger partial charge in [0.25, 0.3) is 5.91 Å². The number of amides is 1. The van der Waals surface area contributed by atoms with Gasteiger partial charge in [0, 0.05) is 24.0 Å². The van der Waals surface area contributed by atoms with Crippen LogP contribution in [0.4, 0.5) is 5.69 Å². The van der Waals surface area contributed by atoms with Crippen LogP contribution < -0.4 is 11.1 Å². The van der Waals surface area contributed by atoms with Crippen molar-refractivity contribution in [2.45, 2.75) is 19.4 Å². The molecule has 0 saturated heterocycles. The van der Waals surface area contributed by atoms with Crippen LogP contribution in [-0.4, -0.2) is 33.0 Å². The lowest BCUT2D eigenvalue weighted by Crippen LogP contribution is -2.42. The number of rotatable bonds is 5. The van der Waals surface area contributed by atoms with Gasteiger partial charge in [-0.3, -0.25) is 4.79 Å². The molecule has 0 aliphatic carbocycles. The van der Waals surface area contributed by atoms with Crippen molar-refractivity contribution in [3.8, 4) is 0 Å². The first kappa shape index (κ1) is 14.6. The molecule has 1 atom stereocenters. The quantitative estimate of drug-likeness (QED) is 0.604. The lowest BCUT2D eigenvalue weighted by atomic mass is 10.1. The fourth-order valence-corrected chi connectivity index (χ4v) is 1.92. The Kier molecular flexibility index (Phi) is 4.22. The summed E-state index contributed by atoms with van der Waals surface area (Å²) in [6, 6.07) is 3.97. The number of nitrogens with one attached hydrogen (secondary N) is 2. The average molecular weight is 288 g/mol. The molecule has 1 aromatic heterocycles. The third-order valence-electron chi connectivity index (χ3n) is 3.04. The van der Waals surface area contributed by atoms with Gasteiger partial charge in [-0.15, -0.1) is 0 Å². The molecule has 0 bridgehead atoms. The Morgan fingerprint density at radius 1 is 1.48 bits per heavy atom. The van der Waals surface area contributed by atoms with Crippen LogP contribution in [-0.2, 0) is 11.2 Å². The molecule has 1 aromatic carbocycles. The number of H-pyrrole nitrogens is 1. The molecule has 0 aliphatic rings. The number of anilines is 1. The van der Waals surface area contributed by atoms with E-state index in [1.165, 1.54) is 12.5 Å². The van der Waals surface area contributed by atoms with E-state index in [4.69, 9.17) is 5.73 Å². The Morgan fingerprint density at radius 2 is 2.24 bits per heavy atom. The summed E-state index contributed by atoms with van der Waals surface area (Å²) in [6.45, 7) is 1.83. The van der Waals surface area contributed by atoms with Crippen LogP contribution in [0.5, 0.6) is 0 Å². The number of nitrogens with zero attached hydrogens (tertiary/aromatic N) is 1. The van der Waals surface area contributed by atoms with Crippen LogP contribution in [0.2, 0.25) is 0 Å². The van der Waals surface area contributed by atoms with Crippen LogP contribution in [0.1, 0.15) is 21.6 Å². The summed E-state index contributed by atoms with van der Waals surface area (Å²) in [5.41, 5.74) is 7.83. The van der Waals surface area contributed by atoms with Gasteiger partial charge >= 0.3 is 5.97 Å². The summed E-state index contributed by atoms with van der Waals surface area (Å²) in [5, 5.41) is 11.7. The molecule has 0 spiro atoms. The minimum absolute atomic E-state index is 0.118. The summed E-state index contributed by atoms with van der Waals surface area (Å²) >= 11 is 0. The van der Waals surface area contributed by atoms with Crippen molar-refractivity contribution in [3.63, 3.8) is 0 Å². The van der Waals surface area contributed by atoms with E-state index in [9.17, 15) is 14.7 Å². The molecule has 0 aliphatic heterocycles. The van der Waals surface area contributed by atoms with Crippen molar-refractivity contribution >= 4 is 17.6 Å². The number of aromatic nitrogens is 2. The molecule has 7 nitrogen and oxygen atoms in total. The summed E-state index contributed by atoms with van der Waals surface area (Å²) in [5.74, 6) is -1.63. The summed E-state index contributed by atoms with van der Waals surface area (Å²) in [6.07, 6.45) is 3.09. The van der Waals surface area contributed by atoms with Gasteiger partial charge in [0.2, 0.25) is 0 Å². The van der Waals surface area contributed by atoms with Crippen molar-refractivity contribution in [1.29, 1.82) is 0 Å². The smallest absolute Gasteiger partial charge is 0.326 e. The van der Waals surface area contributed by atoms with Gasteiger partial charge in [0.15, 0.2) is 0 Å². The van der Waals surface area contributed by atoms with Crippen molar-refractivity contribution in [2.24, 2.45) is 0 Å². The van der Waals surface area contributed by atoms with Gasteiger partial charge in [-0.05, 0) is 19.1 Å². The SMILES string of the molecule is Cc1ccc(N)c(C(=O)N[C@@H](Cc2cnc[nH]2)C(=O)O)c1. The maximum atomic E-state index is 12.2. The Hall–Kier alpha value is -2.83. The minimum atomic E-state index is -1.12. The van der Waals surface area contributed by atoms with E-state index in [2.05, 4.69) is 15.3 Å². The number of imidazole rings is 1. The number of nitrogen functional groups attached to an aromatic ring is 1. The molecular weight excluding hydrogens is 272 g/mol. The lowest BCUT2D eigenvalue weighted by Gasteiger charge is -2.15. The molecule has 0 radical (unpaired) electrons. The summed E-state index contributed by atoms with van der Waals surface area (Å²) < 4.78 is 0. The van der Waals surface area contributed by atoms with Crippen LogP contribution in [0.15, 0.2) is 30.7 Å². The second kappa shape index (κ2) is 6.08. The number of carbonyl (C=O) groups is 2. The van der Waals surface area contributed by atoms with Crippen molar-refractivity contribution < 1.29 is 14.7 Å². The van der Waals surface area contributed by atoms with Crippen LogP contribution in [0.25, 0.3) is 0 Å². The van der Waals surface area contributed by atoms with E-state index in [1.807, 2.05) is 6.92 Å². The normalized spacial score (nSPS) is 11.9. The maximum Gasteiger partial charge on any atom is 0.326 e. The number of hydrogen-bond donors (Lipinski definition) is 4. The van der Waals surface area contributed by atoms with E-state index in [0.717, 1.165) is 5.56 Å². The monoisotopic (exact) mass is 288 g/mol. The van der Waals surface area contributed by atoms with E-state index in [1.54, 1.807) is 18.2 Å². The largest absolute Gasteiger partial charge is 0.480 e. The number of benzene rings is 1. The molecule has 5 N–H and O–H groups in total. The molecule has 21 heavy (non-hydrogen) atoms. The Labute approximate surface area is 121 Å². The molecule has 2 aromatic rings. The van der Waals surface area contributed by atoms with Crippen LogP contribution in [0, 0.1) is 6.92 Å². The Morgan fingerprint density at radius 3 is 2.86 bits per heavy atom. The zero-order chi connectivity index (χ0) is 15.4. The highest BCUT2D eigenvalue weighted by Gasteiger charge is 2.22. The number of aliphatic carboxylic acids is 1. The van der Waals surface area contributed by atoms with Crippen molar-refractivity contribution in [1.82, 2.24) is 15.3 Å². The summed E-state index contributed by atoms with van der Waals surface area (Å²) in [4.78, 5) is 30.1. The van der Waals surface area contributed by atoms with E-state index >= 15 is 0 Å². The van der Waals surface area contributed by atoms with Gasteiger partial charge in [-0.25, -0.2) is 9.78 Å². The number of aromatic amines is 1. The molecule has 110 valence electrons. The second-order valence-electron chi connectivity index (χ2n) is 4.74. The van der Waals surface area contributed by atoms with Gasteiger partial charge in [-0.1, -0.05) is 11.6 Å². The van der Waals surface area contributed by atoms with Crippen LogP contribution in [0.3, 0.4) is 0 Å². The molecule has 0 unspecified atom stereocenters. The van der Waals surface area contributed by atoms with Crippen LogP contribution >= 0.6 is 0 Å². The summed E-state index contributed by atoms with van der Waals surface area (Å²) in [7, 11) is 0. The second-order valence-corrected chi connectivity index (χ2v) is 4.74. The average Bonchev–Trinajstić information content (AvgIpc) is 2.93. The zero-order valence-electron chi connectivity index (χ0n) is 11.5. The highest BCUT2D eigenvalue weighted by molar-refractivity contribution is 6.01. The Bertz CT molecular complexity index is 652. The number of carboxylic acid groups (broad SMARTS) is 1. The highest BCUT2D eigenvalue weighted by atomic mass is 16.4. The lowest BCUT2D eigenvalue weighted by molar-refractivity contribution is -0.139. The number of hydrogen-bond acceptors (Lipinski definition) is 4. The van der Waals surface area contributed by atoms with E-state index < -0.39 is 17.9 Å². The third kappa shape index (κ3) is 3.59. The third-order valence-corrected chi connectivity index (χ3v) is 3.04. The number of nitrogens with two attached hydrogens (primary N) is 1. The van der Waals surface area contributed by atoms with Gasteiger partial charge in [-0.2, -0.15) is 0 Å². The standard InChI is InChI=1S/C14H16N4O3/c1-8-2-3-11(15)10(4-8)13(19)18-12(14(20)21)5-9-6-16-7-17-9/h2-4,6-7,12H,5,15H2,1H3,(H,16,17)(H,18,19)(H,20,21)/t12-/m0/s1. The predicted molar refractivity (Wildman–Crippen MR) is 76.8 cm³/mol. The fraction of sp³-hybridized carbons (Fsp3) is 0.214. The molecule has 1 heterocycles. The molecule has 1 amide bonds. The van der Waals surface area contributed by atoms with E-state index in [0.29, 0.717) is 11.4 Å². The molecule has 0 saturated carbocycles. The number of carbonyl (C=O) groups excluding carboxylic acids is 1. The maximum absolute atomic E-state index is 12.2. The van der Waals surface area contributed by atoms with Crippen molar-refractivity contribution in [3.05, 3.63) is 47.5 Å². The first-order valence-electron chi connectivity index (χ1n) is 6.34. The molecule has 0 fully saturated rings. The molecule has 7 heteroatoms. The minimum Gasteiger partial charge on any atom is -0.480 e. The van der Waals surface area contributed by atoms with Crippen molar-refractivity contribution in [2.75, 3.05) is 5.73 Å².